The molecule has 0 unspecified atom stereocenters. The van der Waals surface area contributed by atoms with Gasteiger partial charge < -0.3 is 10.6 Å². The van der Waals surface area contributed by atoms with Gasteiger partial charge in [0.15, 0.2) is 0 Å². The minimum atomic E-state index is 0.207. The van der Waals surface area contributed by atoms with Gasteiger partial charge in [0.05, 0.1) is 0 Å². The van der Waals surface area contributed by atoms with Gasteiger partial charge in [-0.2, -0.15) is 12.6 Å². The number of hydrogen-bond acceptors (Lipinski definition) is 3. The van der Waals surface area contributed by atoms with Crippen molar-refractivity contribution >= 4 is 24.2 Å². The Bertz CT molecular complexity index is 420. The van der Waals surface area contributed by atoms with Gasteiger partial charge in [0.2, 0.25) is 5.91 Å². The molecule has 0 aliphatic carbocycles. The molecule has 1 aromatic rings. The van der Waals surface area contributed by atoms with Crippen LogP contribution in [0.15, 0.2) is 18.2 Å². The summed E-state index contributed by atoms with van der Waals surface area (Å²) in [4.78, 5) is 13.7. The van der Waals surface area contributed by atoms with Crippen molar-refractivity contribution in [3.8, 4) is 0 Å². The fraction of sp³-hybridized carbons (Fsp3) is 0.462. The van der Waals surface area contributed by atoms with E-state index in [9.17, 15) is 4.79 Å². The van der Waals surface area contributed by atoms with Crippen LogP contribution in [-0.4, -0.2) is 24.7 Å². The van der Waals surface area contributed by atoms with Crippen LogP contribution in [0.1, 0.15) is 17.5 Å². The number of nitrogens with two attached hydrogens (primary N) is 1. The maximum absolute atomic E-state index is 11.8. The average molecular weight is 250 g/mol. The Morgan fingerprint density at radius 1 is 1.35 bits per heavy atom. The van der Waals surface area contributed by atoms with Crippen LogP contribution in [0.3, 0.4) is 0 Å². The Morgan fingerprint density at radius 3 is 2.88 bits per heavy atom. The number of rotatable bonds is 4. The largest absolute Gasteiger partial charge is 0.330 e. The summed E-state index contributed by atoms with van der Waals surface area (Å²) < 4.78 is 0. The molecule has 1 aromatic carbocycles. The summed E-state index contributed by atoms with van der Waals surface area (Å²) in [5, 5.41) is 0. The summed E-state index contributed by atoms with van der Waals surface area (Å²) in [5.74, 6) is 0.897. The van der Waals surface area contributed by atoms with E-state index in [4.69, 9.17) is 5.73 Å². The number of nitrogens with zero attached hydrogens (tertiary/aromatic N) is 1. The molecule has 2 N–H and O–H groups in total. The molecule has 0 radical (unpaired) electrons. The molecular weight excluding hydrogens is 232 g/mol. The van der Waals surface area contributed by atoms with Crippen LogP contribution >= 0.6 is 12.6 Å². The standard InChI is InChI=1S/C13H18N2OS/c14-6-5-10-1-3-12-11(9-10)2-4-13(16)15(12)7-8-17/h1,3,9,17H,2,4-8,14H2. The molecule has 2 rings (SSSR count). The van der Waals surface area contributed by atoms with Crippen molar-refractivity contribution in [3.63, 3.8) is 0 Å². The highest BCUT2D eigenvalue weighted by atomic mass is 32.1. The maximum atomic E-state index is 11.8. The number of anilines is 1. The van der Waals surface area contributed by atoms with Gasteiger partial charge in [-0.15, -0.1) is 0 Å². The zero-order valence-electron chi connectivity index (χ0n) is 9.85. The second-order valence-electron chi connectivity index (χ2n) is 4.27. The molecule has 0 saturated heterocycles. The first-order valence-corrected chi connectivity index (χ1v) is 6.62. The molecular formula is C13H18N2OS. The van der Waals surface area contributed by atoms with E-state index in [0.717, 1.165) is 18.5 Å². The van der Waals surface area contributed by atoms with Crippen molar-refractivity contribution in [1.82, 2.24) is 0 Å². The Hall–Kier alpha value is -1.00. The summed E-state index contributed by atoms with van der Waals surface area (Å²) >= 11 is 4.21. The zero-order chi connectivity index (χ0) is 12.3. The van der Waals surface area contributed by atoms with Crippen LogP contribution in [0.2, 0.25) is 0 Å². The number of hydrogen-bond donors (Lipinski definition) is 2. The van der Waals surface area contributed by atoms with Gasteiger partial charge in [-0.1, -0.05) is 12.1 Å². The van der Waals surface area contributed by atoms with Crippen LogP contribution in [0.4, 0.5) is 5.69 Å². The van der Waals surface area contributed by atoms with Crippen LogP contribution in [0, 0.1) is 0 Å². The fourth-order valence-corrected chi connectivity index (χ4v) is 2.48. The van der Waals surface area contributed by atoms with Gasteiger partial charge in [-0.3, -0.25) is 4.79 Å². The lowest BCUT2D eigenvalue weighted by atomic mass is 9.98. The topological polar surface area (TPSA) is 46.3 Å². The molecule has 1 aliphatic heterocycles. The molecule has 0 aromatic heterocycles. The predicted molar refractivity (Wildman–Crippen MR) is 73.7 cm³/mol. The smallest absolute Gasteiger partial charge is 0.227 e. The lowest BCUT2D eigenvalue weighted by Crippen LogP contribution is -2.36. The Labute approximate surface area is 107 Å². The first kappa shape index (κ1) is 12.5. The SMILES string of the molecule is NCCc1ccc2c(c1)CCC(=O)N2CCS. The quantitative estimate of drug-likeness (QED) is 0.793. The Kier molecular flexibility index (Phi) is 4.07. The lowest BCUT2D eigenvalue weighted by Gasteiger charge is -2.29. The van der Waals surface area contributed by atoms with E-state index in [-0.39, 0.29) is 5.91 Å². The van der Waals surface area contributed by atoms with Gasteiger partial charge in [0.1, 0.15) is 0 Å². The molecule has 0 bridgehead atoms. The van der Waals surface area contributed by atoms with Crippen molar-refractivity contribution < 1.29 is 4.79 Å². The number of benzene rings is 1. The van der Waals surface area contributed by atoms with Crippen molar-refractivity contribution in [2.75, 3.05) is 23.7 Å². The maximum Gasteiger partial charge on any atom is 0.227 e. The number of carbonyl (C=O) groups excluding carboxylic acids is 1. The van der Waals surface area contributed by atoms with Crippen LogP contribution < -0.4 is 10.6 Å². The third-order valence-electron chi connectivity index (χ3n) is 3.10. The van der Waals surface area contributed by atoms with Crippen molar-refractivity contribution in [2.24, 2.45) is 5.73 Å². The average Bonchev–Trinajstić information content (AvgIpc) is 2.33. The van der Waals surface area contributed by atoms with Gasteiger partial charge in [-0.05, 0) is 36.6 Å². The van der Waals surface area contributed by atoms with Gasteiger partial charge in [0, 0.05) is 24.4 Å². The highest BCUT2D eigenvalue weighted by Gasteiger charge is 2.23. The van der Waals surface area contributed by atoms with E-state index in [0.29, 0.717) is 25.3 Å². The second kappa shape index (κ2) is 5.56. The van der Waals surface area contributed by atoms with E-state index < -0.39 is 0 Å². The summed E-state index contributed by atoms with van der Waals surface area (Å²) in [6.45, 7) is 1.35. The third kappa shape index (κ3) is 2.64. The minimum Gasteiger partial charge on any atom is -0.330 e. The second-order valence-corrected chi connectivity index (χ2v) is 4.72. The third-order valence-corrected chi connectivity index (χ3v) is 3.30. The van der Waals surface area contributed by atoms with E-state index in [1.165, 1.54) is 11.1 Å². The van der Waals surface area contributed by atoms with E-state index in [2.05, 4.69) is 24.8 Å². The lowest BCUT2D eigenvalue weighted by molar-refractivity contribution is -0.118. The molecule has 17 heavy (non-hydrogen) atoms. The van der Waals surface area contributed by atoms with E-state index in [1.807, 2.05) is 11.0 Å². The number of amides is 1. The first-order valence-electron chi connectivity index (χ1n) is 5.99. The molecule has 4 heteroatoms. The number of carbonyl (C=O) groups is 1. The van der Waals surface area contributed by atoms with E-state index in [1.54, 1.807) is 0 Å². The van der Waals surface area contributed by atoms with Crippen LogP contribution in [0.25, 0.3) is 0 Å². The molecule has 92 valence electrons. The summed E-state index contributed by atoms with van der Waals surface area (Å²) in [7, 11) is 0. The molecule has 1 aliphatic rings. The molecule has 0 saturated carbocycles. The molecule has 1 heterocycles. The summed E-state index contributed by atoms with van der Waals surface area (Å²) in [5.41, 5.74) is 9.13. The van der Waals surface area contributed by atoms with Crippen LogP contribution in [-0.2, 0) is 17.6 Å². The van der Waals surface area contributed by atoms with Crippen molar-refractivity contribution in [1.29, 1.82) is 0 Å². The number of thiol groups is 1. The molecule has 0 fully saturated rings. The normalized spacial score (nSPS) is 14.9. The molecule has 3 nitrogen and oxygen atoms in total. The summed E-state index contributed by atoms with van der Waals surface area (Å²) in [6, 6.07) is 6.29. The molecule has 0 spiro atoms. The van der Waals surface area contributed by atoms with Crippen molar-refractivity contribution in [2.45, 2.75) is 19.3 Å². The Morgan fingerprint density at radius 2 is 2.18 bits per heavy atom. The number of fused-ring (bicyclic) bond motifs is 1. The highest BCUT2D eigenvalue weighted by molar-refractivity contribution is 7.80. The van der Waals surface area contributed by atoms with Gasteiger partial charge in [-0.25, -0.2) is 0 Å². The Balaban J connectivity index is 2.30. The first-order chi connectivity index (χ1) is 8.26. The predicted octanol–water partition coefficient (Wildman–Crippen LogP) is 1.40. The number of aryl methyl sites for hydroxylation is 1. The minimum absolute atomic E-state index is 0.207. The van der Waals surface area contributed by atoms with Gasteiger partial charge >= 0.3 is 0 Å². The fourth-order valence-electron chi connectivity index (χ4n) is 2.28. The van der Waals surface area contributed by atoms with Crippen molar-refractivity contribution in [3.05, 3.63) is 29.3 Å². The van der Waals surface area contributed by atoms with Gasteiger partial charge in [0.25, 0.3) is 0 Å². The molecule has 0 atom stereocenters. The highest BCUT2D eigenvalue weighted by Crippen LogP contribution is 2.28. The monoisotopic (exact) mass is 250 g/mol. The van der Waals surface area contributed by atoms with E-state index >= 15 is 0 Å². The molecule has 1 amide bonds. The van der Waals surface area contributed by atoms with Crippen LogP contribution in [0.5, 0.6) is 0 Å². The summed E-state index contributed by atoms with van der Waals surface area (Å²) in [6.07, 6.45) is 2.34. The zero-order valence-corrected chi connectivity index (χ0v) is 10.7.